The Kier molecular flexibility index (Phi) is 6.78. The standard InChI is InChI=1S/C13H26N2S/c1-11(2)10-15-13(16)14-9-8-12-6-4-3-5-7-12/h11-12H,3-10H2,1-2H3,(H2,14,15,16). The average molecular weight is 242 g/mol. The molecule has 0 aromatic carbocycles. The molecule has 0 aromatic rings. The summed E-state index contributed by atoms with van der Waals surface area (Å²) in [5.41, 5.74) is 0. The third kappa shape index (κ3) is 6.31. The Bertz CT molecular complexity index is 198. The maximum atomic E-state index is 5.22. The van der Waals surface area contributed by atoms with E-state index < -0.39 is 0 Å². The first-order valence-corrected chi connectivity index (χ1v) is 7.11. The monoisotopic (exact) mass is 242 g/mol. The van der Waals surface area contributed by atoms with Gasteiger partial charge < -0.3 is 10.6 Å². The maximum Gasteiger partial charge on any atom is 0.166 e. The first kappa shape index (κ1) is 13.8. The van der Waals surface area contributed by atoms with Gasteiger partial charge in [0.25, 0.3) is 0 Å². The first-order valence-electron chi connectivity index (χ1n) is 6.70. The molecule has 0 spiro atoms. The molecule has 1 aliphatic carbocycles. The van der Waals surface area contributed by atoms with E-state index >= 15 is 0 Å². The Morgan fingerprint density at radius 3 is 2.50 bits per heavy atom. The van der Waals surface area contributed by atoms with E-state index in [1.165, 1.54) is 38.5 Å². The van der Waals surface area contributed by atoms with Gasteiger partial charge in [0.05, 0.1) is 0 Å². The van der Waals surface area contributed by atoms with Gasteiger partial charge in [-0.25, -0.2) is 0 Å². The first-order chi connectivity index (χ1) is 7.68. The van der Waals surface area contributed by atoms with E-state index in [-0.39, 0.29) is 0 Å². The Morgan fingerprint density at radius 2 is 1.88 bits per heavy atom. The lowest BCUT2D eigenvalue weighted by Crippen LogP contribution is -2.38. The zero-order valence-corrected chi connectivity index (χ0v) is 11.5. The van der Waals surface area contributed by atoms with Crippen molar-refractivity contribution in [1.82, 2.24) is 10.6 Å². The molecule has 0 heterocycles. The van der Waals surface area contributed by atoms with Crippen molar-refractivity contribution in [3.63, 3.8) is 0 Å². The van der Waals surface area contributed by atoms with Crippen LogP contribution < -0.4 is 10.6 Å². The minimum atomic E-state index is 0.651. The van der Waals surface area contributed by atoms with Crippen molar-refractivity contribution in [3.05, 3.63) is 0 Å². The largest absolute Gasteiger partial charge is 0.363 e. The highest BCUT2D eigenvalue weighted by Crippen LogP contribution is 2.25. The zero-order valence-electron chi connectivity index (χ0n) is 10.7. The SMILES string of the molecule is CC(C)CNC(=S)NCCC1CCCCC1. The van der Waals surface area contributed by atoms with Crippen LogP contribution >= 0.6 is 12.2 Å². The van der Waals surface area contributed by atoms with Crippen LogP contribution in [0.4, 0.5) is 0 Å². The minimum absolute atomic E-state index is 0.651. The maximum absolute atomic E-state index is 5.22. The summed E-state index contributed by atoms with van der Waals surface area (Å²) < 4.78 is 0. The van der Waals surface area contributed by atoms with Gasteiger partial charge in [-0.05, 0) is 30.5 Å². The fraction of sp³-hybridized carbons (Fsp3) is 0.923. The van der Waals surface area contributed by atoms with Crippen molar-refractivity contribution in [2.24, 2.45) is 11.8 Å². The topological polar surface area (TPSA) is 24.1 Å². The zero-order chi connectivity index (χ0) is 11.8. The molecule has 16 heavy (non-hydrogen) atoms. The van der Waals surface area contributed by atoms with Crippen LogP contribution in [0.2, 0.25) is 0 Å². The Balaban J connectivity index is 1.99. The molecule has 94 valence electrons. The summed E-state index contributed by atoms with van der Waals surface area (Å²) in [6, 6.07) is 0. The fourth-order valence-electron chi connectivity index (χ4n) is 2.22. The number of thiocarbonyl (C=S) groups is 1. The molecule has 0 saturated heterocycles. The van der Waals surface area contributed by atoms with Crippen LogP contribution in [0.15, 0.2) is 0 Å². The molecule has 0 amide bonds. The van der Waals surface area contributed by atoms with Gasteiger partial charge in [-0.2, -0.15) is 0 Å². The van der Waals surface area contributed by atoms with Crippen LogP contribution in [0, 0.1) is 11.8 Å². The molecule has 2 N–H and O–H groups in total. The Hall–Kier alpha value is -0.310. The molecule has 0 radical (unpaired) electrons. The lowest BCUT2D eigenvalue weighted by Gasteiger charge is -2.22. The molecule has 0 bridgehead atoms. The summed E-state index contributed by atoms with van der Waals surface area (Å²) in [6.45, 7) is 6.39. The van der Waals surface area contributed by atoms with Crippen molar-refractivity contribution >= 4 is 17.3 Å². The Labute approximate surface area is 106 Å². The molecule has 1 saturated carbocycles. The second kappa shape index (κ2) is 7.88. The average Bonchev–Trinajstić information content (AvgIpc) is 2.28. The van der Waals surface area contributed by atoms with Gasteiger partial charge in [-0.15, -0.1) is 0 Å². The van der Waals surface area contributed by atoms with Gasteiger partial charge in [-0.1, -0.05) is 46.0 Å². The molecule has 0 atom stereocenters. The lowest BCUT2D eigenvalue weighted by molar-refractivity contribution is 0.339. The van der Waals surface area contributed by atoms with Crippen LogP contribution in [-0.4, -0.2) is 18.2 Å². The molecular formula is C13H26N2S. The summed E-state index contributed by atoms with van der Waals surface area (Å²) in [5.74, 6) is 1.59. The number of rotatable bonds is 5. The predicted molar refractivity (Wildman–Crippen MR) is 74.6 cm³/mol. The van der Waals surface area contributed by atoms with E-state index in [0.717, 1.165) is 24.1 Å². The van der Waals surface area contributed by atoms with Crippen LogP contribution in [0.5, 0.6) is 0 Å². The fourth-order valence-corrected chi connectivity index (χ4v) is 2.41. The normalized spacial score (nSPS) is 17.4. The van der Waals surface area contributed by atoms with E-state index in [4.69, 9.17) is 12.2 Å². The van der Waals surface area contributed by atoms with Crippen molar-refractivity contribution < 1.29 is 0 Å². The molecule has 0 unspecified atom stereocenters. The second-order valence-electron chi connectivity index (χ2n) is 5.32. The molecular weight excluding hydrogens is 216 g/mol. The summed E-state index contributed by atoms with van der Waals surface area (Å²) in [7, 11) is 0. The summed E-state index contributed by atoms with van der Waals surface area (Å²) in [5, 5.41) is 7.37. The van der Waals surface area contributed by atoms with Crippen molar-refractivity contribution in [3.8, 4) is 0 Å². The van der Waals surface area contributed by atoms with Crippen LogP contribution in [0.3, 0.4) is 0 Å². The predicted octanol–water partition coefficient (Wildman–Crippen LogP) is 3.08. The summed E-state index contributed by atoms with van der Waals surface area (Å²) in [6.07, 6.45) is 8.44. The van der Waals surface area contributed by atoms with Crippen LogP contribution in [0.25, 0.3) is 0 Å². The molecule has 0 aliphatic heterocycles. The van der Waals surface area contributed by atoms with Gasteiger partial charge in [0, 0.05) is 13.1 Å². The number of hydrogen-bond donors (Lipinski definition) is 2. The highest BCUT2D eigenvalue weighted by Gasteiger charge is 2.12. The van der Waals surface area contributed by atoms with Crippen molar-refractivity contribution in [2.45, 2.75) is 52.4 Å². The second-order valence-corrected chi connectivity index (χ2v) is 5.73. The van der Waals surface area contributed by atoms with Gasteiger partial charge in [0.15, 0.2) is 5.11 Å². The van der Waals surface area contributed by atoms with Gasteiger partial charge >= 0.3 is 0 Å². The number of nitrogens with one attached hydrogen (secondary N) is 2. The van der Waals surface area contributed by atoms with Gasteiger partial charge in [-0.3, -0.25) is 0 Å². The molecule has 1 fully saturated rings. The lowest BCUT2D eigenvalue weighted by atomic mass is 9.87. The van der Waals surface area contributed by atoms with E-state index in [1.807, 2.05) is 0 Å². The third-order valence-corrected chi connectivity index (χ3v) is 3.52. The van der Waals surface area contributed by atoms with E-state index in [0.29, 0.717) is 5.92 Å². The third-order valence-electron chi connectivity index (χ3n) is 3.23. The summed E-state index contributed by atoms with van der Waals surface area (Å²) >= 11 is 5.22. The van der Waals surface area contributed by atoms with Crippen LogP contribution in [0.1, 0.15) is 52.4 Å². The van der Waals surface area contributed by atoms with Crippen LogP contribution in [-0.2, 0) is 0 Å². The van der Waals surface area contributed by atoms with E-state index in [9.17, 15) is 0 Å². The molecule has 3 heteroatoms. The Morgan fingerprint density at radius 1 is 1.19 bits per heavy atom. The molecule has 1 rings (SSSR count). The van der Waals surface area contributed by atoms with Gasteiger partial charge in [0.1, 0.15) is 0 Å². The minimum Gasteiger partial charge on any atom is -0.363 e. The molecule has 0 aromatic heterocycles. The number of hydrogen-bond acceptors (Lipinski definition) is 1. The van der Waals surface area contributed by atoms with E-state index in [2.05, 4.69) is 24.5 Å². The molecule has 1 aliphatic rings. The highest BCUT2D eigenvalue weighted by molar-refractivity contribution is 7.80. The van der Waals surface area contributed by atoms with Gasteiger partial charge in [0.2, 0.25) is 0 Å². The smallest absolute Gasteiger partial charge is 0.166 e. The summed E-state index contributed by atoms with van der Waals surface area (Å²) in [4.78, 5) is 0. The van der Waals surface area contributed by atoms with Crippen molar-refractivity contribution in [2.75, 3.05) is 13.1 Å². The van der Waals surface area contributed by atoms with E-state index in [1.54, 1.807) is 0 Å². The van der Waals surface area contributed by atoms with Crippen molar-refractivity contribution in [1.29, 1.82) is 0 Å². The molecule has 2 nitrogen and oxygen atoms in total. The quantitative estimate of drug-likeness (QED) is 0.725. The highest BCUT2D eigenvalue weighted by atomic mass is 32.1.